The molecule has 0 aliphatic heterocycles. The van der Waals surface area contributed by atoms with Crippen LogP contribution in [0.3, 0.4) is 0 Å². The lowest BCUT2D eigenvalue weighted by Gasteiger charge is -2.14. The molecule has 0 saturated carbocycles. The molecule has 0 unspecified atom stereocenters. The molecule has 0 spiro atoms. The molecular formula is C25H18BrClFN3O4. The molecular weight excluding hydrogens is 541 g/mol. The Balaban J connectivity index is 1.72. The molecule has 35 heavy (non-hydrogen) atoms. The van der Waals surface area contributed by atoms with Gasteiger partial charge in [-0.3, -0.25) is 9.59 Å². The molecule has 178 valence electrons. The van der Waals surface area contributed by atoms with Gasteiger partial charge in [0.1, 0.15) is 17.5 Å². The minimum absolute atomic E-state index is 0.138. The number of benzene rings is 3. The van der Waals surface area contributed by atoms with Gasteiger partial charge in [0, 0.05) is 16.4 Å². The Morgan fingerprint density at radius 1 is 1.09 bits per heavy atom. The average molecular weight is 559 g/mol. The van der Waals surface area contributed by atoms with Crippen LogP contribution in [0.1, 0.15) is 5.56 Å². The van der Waals surface area contributed by atoms with E-state index < -0.39 is 17.6 Å². The molecule has 3 rings (SSSR count). The summed E-state index contributed by atoms with van der Waals surface area (Å²) < 4.78 is 24.4. The molecule has 3 aromatic rings. The summed E-state index contributed by atoms with van der Waals surface area (Å²) in [6.07, 6.45) is 1.39. The maximum atomic E-state index is 13.0. The maximum Gasteiger partial charge on any atom is 0.266 e. The molecule has 3 aromatic carbocycles. The van der Waals surface area contributed by atoms with Crippen molar-refractivity contribution < 1.29 is 23.5 Å². The monoisotopic (exact) mass is 557 g/mol. The van der Waals surface area contributed by atoms with Gasteiger partial charge < -0.3 is 20.1 Å². The number of nitrogens with zero attached hydrogens (tertiary/aromatic N) is 1. The van der Waals surface area contributed by atoms with Crippen molar-refractivity contribution in [1.29, 1.82) is 5.26 Å². The van der Waals surface area contributed by atoms with Crippen LogP contribution in [0.4, 0.5) is 15.8 Å². The number of halogens is 3. The lowest BCUT2D eigenvalue weighted by atomic mass is 10.1. The van der Waals surface area contributed by atoms with Crippen LogP contribution in [0.15, 0.2) is 70.7 Å². The first-order valence-corrected chi connectivity index (χ1v) is 11.2. The fraction of sp³-hybridized carbons (Fsp3) is 0.0800. The van der Waals surface area contributed by atoms with E-state index in [0.717, 1.165) is 0 Å². The van der Waals surface area contributed by atoms with Crippen LogP contribution in [0.25, 0.3) is 6.08 Å². The third-order valence-corrected chi connectivity index (χ3v) is 5.35. The highest BCUT2D eigenvalue weighted by atomic mass is 79.9. The Hall–Kier alpha value is -3.87. The first kappa shape index (κ1) is 25.7. The summed E-state index contributed by atoms with van der Waals surface area (Å²) in [6, 6.07) is 16.8. The average Bonchev–Trinajstić information content (AvgIpc) is 2.84. The van der Waals surface area contributed by atoms with Crippen molar-refractivity contribution in [2.75, 3.05) is 24.4 Å². The molecule has 0 radical (unpaired) electrons. The number of hydrogen-bond donors (Lipinski definition) is 2. The van der Waals surface area contributed by atoms with Crippen LogP contribution < -0.4 is 20.1 Å². The van der Waals surface area contributed by atoms with Crippen molar-refractivity contribution in [2.24, 2.45) is 0 Å². The summed E-state index contributed by atoms with van der Waals surface area (Å²) in [5, 5.41) is 15.2. The normalized spacial score (nSPS) is 10.8. The van der Waals surface area contributed by atoms with Crippen LogP contribution in [0, 0.1) is 17.1 Å². The predicted octanol–water partition coefficient (Wildman–Crippen LogP) is 5.81. The Kier molecular flexibility index (Phi) is 8.84. The lowest BCUT2D eigenvalue weighted by molar-refractivity contribution is -0.118. The van der Waals surface area contributed by atoms with Gasteiger partial charge in [0.2, 0.25) is 0 Å². The van der Waals surface area contributed by atoms with Crippen molar-refractivity contribution in [2.45, 2.75) is 0 Å². The number of methoxy groups -OCH3 is 1. The fourth-order valence-corrected chi connectivity index (χ4v) is 3.58. The van der Waals surface area contributed by atoms with Gasteiger partial charge in [0.15, 0.2) is 18.1 Å². The standard InChI is InChI=1S/C25H18BrClFN3O4/c1-34-22-12-15(10-16(13-29)25(33)31-20-6-2-17(27)3-7-20)11-21(26)24(22)35-14-23(32)30-19-8-4-18(28)5-9-19/h2-12H,14H2,1H3,(H,30,32)(H,31,33)/b16-10-. The van der Waals surface area contributed by atoms with Gasteiger partial charge in [-0.2, -0.15) is 5.26 Å². The molecule has 0 heterocycles. The predicted molar refractivity (Wildman–Crippen MR) is 135 cm³/mol. The highest BCUT2D eigenvalue weighted by molar-refractivity contribution is 9.10. The zero-order valence-corrected chi connectivity index (χ0v) is 20.6. The number of carbonyl (C=O) groups is 2. The zero-order chi connectivity index (χ0) is 25.4. The minimum Gasteiger partial charge on any atom is -0.493 e. The van der Waals surface area contributed by atoms with Crippen molar-refractivity contribution in [3.8, 4) is 17.6 Å². The first-order chi connectivity index (χ1) is 16.8. The maximum absolute atomic E-state index is 13.0. The SMILES string of the molecule is COc1cc(/C=C(/C#N)C(=O)Nc2ccc(Cl)cc2)cc(Br)c1OCC(=O)Nc1ccc(F)cc1. The van der Waals surface area contributed by atoms with Crippen LogP contribution in [0.2, 0.25) is 5.02 Å². The molecule has 0 aliphatic rings. The summed E-state index contributed by atoms with van der Waals surface area (Å²) in [5.41, 5.74) is 1.26. The largest absolute Gasteiger partial charge is 0.493 e. The Bertz CT molecular complexity index is 1310. The van der Waals surface area contributed by atoms with E-state index in [1.165, 1.54) is 37.5 Å². The van der Waals surface area contributed by atoms with Crippen LogP contribution in [-0.2, 0) is 9.59 Å². The van der Waals surface area contributed by atoms with Gasteiger partial charge >= 0.3 is 0 Å². The highest BCUT2D eigenvalue weighted by Crippen LogP contribution is 2.37. The third-order valence-electron chi connectivity index (χ3n) is 4.51. The van der Waals surface area contributed by atoms with E-state index in [1.807, 2.05) is 6.07 Å². The van der Waals surface area contributed by atoms with E-state index in [4.69, 9.17) is 21.1 Å². The first-order valence-electron chi connectivity index (χ1n) is 10.0. The second kappa shape index (κ2) is 12.0. The quantitative estimate of drug-likeness (QED) is 0.268. The number of nitriles is 1. The van der Waals surface area contributed by atoms with Crippen LogP contribution in [-0.4, -0.2) is 25.5 Å². The van der Waals surface area contributed by atoms with Gasteiger partial charge in [0.25, 0.3) is 11.8 Å². The molecule has 0 bridgehead atoms. The second-order valence-corrected chi connectivity index (χ2v) is 8.30. The highest BCUT2D eigenvalue weighted by Gasteiger charge is 2.15. The van der Waals surface area contributed by atoms with Crippen molar-refractivity contribution >= 4 is 56.8 Å². The van der Waals surface area contributed by atoms with E-state index in [-0.39, 0.29) is 23.7 Å². The molecule has 0 atom stereocenters. The molecule has 0 aliphatic carbocycles. The summed E-state index contributed by atoms with van der Waals surface area (Å²) in [5.74, 6) is -0.939. The Morgan fingerprint density at radius 3 is 2.34 bits per heavy atom. The summed E-state index contributed by atoms with van der Waals surface area (Å²) in [4.78, 5) is 24.7. The minimum atomic E-state index is -0.595. The number of anilines is 2. The molecule has 0 fully saturated rings. The molecule has 2 amide bonds. The summed E-state index contributed by atoms with van der Waals surface area (Å²) in [7, 11) is 1.42. The number of amides is 2. The van der Waals surface area contributed by atoms with E-state index >= 15 is 0 Å². The Morgan fingerprint density at radius 2 is 1.71 bits per heavy atom. The number of ether oxygens (including phenoxy) is 2. The number of rotatable bonds is 8. The van der Waals surface area contributed by atoms with E-state index in [1.54, 1.807) is 36.4 Å². The van der Waals surface area contributed by atoms with Gasteiger partial charge in [-0.25, -0.2) is 4.39 Å². The van der Waals surface area contributed by atoms with Gasteiger partial charge in [0.05, 0.1) is 11.6 Å². The second-order valence-electron chi connectivity index (χ2n) is 7.01. The molecule has 7 nitrogen and oxygen atoms in total. The van der Waals surface area contributed by atoms with Crippen molar-refractivity contribution in [3.05, 3.63) is 87.1 Å². The van der Waals surface area contributed by atoms with Crippen molar-refractivity contribution in [3.63, 3.8) is 0 Å². The van der Waals surface area contributed by atoms with E-state index in [2.05, 4.69) is 26.6 Å². The van der Waals surface area contributed by atoms with Crippen molar-refractivity contribution in [1.82, 2.24) is 0 Å². The van der Waals surface area contributed by atoms with Gasteiger partial charge in [-0.15, -0.1) is 0 Å². The van der Waals surface area contributed by atoms with Crippen LogP contribution >= 0.6 is 27.5 Å². The lowest BCUT2D eigenvalue weighted by Crippen LogP contribution is -2.20. The number of nitrogens with one attached hydrogen (secondary N) is 2. The van der Waals surface area contributed by atoms with Gasteiger partial charge in [-0.05, 0) is 88.2 Å². The number of carbonyl (C=O) groups excluding carboxylic acids is 2. The zero-order valence-electron chi connectivity index (χ0n) is 18.3. The number of hydrogen-bond acceptors (Lipinski definition) is 5. The van der Waals surface area contributed by atoms with E-state index in [9.17, 15) is 19.2 Å². The fourth-order valence-electron chi connectivity index (χ4n) is 2.88. The molecule has 10 heteroatoms. The van der Waals surface area contributed by atoms with Gasteiger partial charge in [-0.1, -0.05) is 11.6 Å². The molecule has 0 aromatic heterocycles. The van der Waals surface area contributed by atoms with E-state index in [0.29, 0.717) is 26.4 Å². The topological polar surface area (TPSA) is 100 Å². The molecule has 2 N–H and O–H groups in total. The Labute approximate surface area is 214 Å². The smallest absolute Gasteiger partial charge is 0.266 e. The molecule has 0 saturated heterocycles. The van der Waals surface area contributed by atoms with Crippen LogP contribution in [0.5, 0.6) is 11.5 Å². The summed E-state index contributed by atoms with van der Waals surface area (Å²) >= 11 is 9.21. The summed E-state index contributed by atoms with van der Waals surface area (Å²) in [6.45, 7) is -0.339. The third kappa shape index (κ3) is 7.30.